The van der Waals surface area contributed by atoms with E-state index in [0.717, 1.165) is 11.8 Å². The van der Waals surface area contributed by atoms with Gasteiger partial charge in [-0.05, 0) is 37.3 Å². The number of hydrogen-bond donors (Lipinski definition) is 1. The lowest BCUT2D eigenvalue weighted by Crippen LogP contribution is -1.92. The molecule has 0 unspecified atom stereocenters. The Hall–Kier alpha value is -2.33. The Morgan fingerprint density at radius 2 is 2.15 bits per heavy atom. The molecule has 0 atom stereocenters. The lowest BCUT2D eigenvalue weighted by molar-refractivity contribution is -0.131. The molecule has 0 bridgehead atoms. The van der Waals surface area contributed by atoms with Crippen LogP contribution in [0.25, 0.3) is 6.08 Å². The number of benzene rings is 1. The molecule has 0 fully saturated rings. The van der Waals surface area contributed by atoms with E-state index in [1.807, 2.05) is 6.92 Å². The second kappa shape index (κ2) is 6.21. The molecule has 2 aromatic rings. The van der Waals surface area contributed by atoms with Crippen molar-refractivity contribution in [1.82, 2.24) is 4.98 Å². The zero-order valence-corrected chi connectivity index (χ0v) is 11.5. The van der Waals surface area contributed by atoms with Crippen molar-refractivity contribution in [3.63, 3.8) is 0 Å². The minimum absolute atomic E-state index is 0.478. The molecule has 4 nitrogen and oxygen atoms in total. The highest BCUT2D eigenvalue weighted by molar-refractivity contribution is 6.30. The molecule has 20 heavy (non-hydrogen) atoms. The number of ether oxygens (including phenoxy) is 1. The monoisotopic (exact) mass is 289 g/mol. The Balaban J connectivity index is 2.37. The van der Waals surface area contributed by atoms with Crippen LogP contribution in [0, 0.1) is 6.92 Å². The second-order valence-electron chi connectivity index (χ2n) is 4.04. The lowest BCUT2D eigenvalue weighted by atomic mass is 10.2. The molecule has 2 rings (SSSR count). The molecule has 0 aliphatic heterocycles. The van der Waals surface area contributed by atoms with Crippen molar-refractivity contribution in [2.45, 2.75) is 6.92 Å². The topological polar surface area (TPSA) is 59.4 Å². The van der Waals surface area contributed by atoms with Gasteiger partial charge in [0, 0.05) is 28.9 Å². The summed E-state index contributed by atoms with van der Waals surface area (Å²) in [4.78, 5) is 14.7. The number of pyridine rings is 1. The molecule has 0 aliphatic carbocycles. The van der Waals surface area contributed by atoms with Gasteiger partial charge in [0.15, 0.2) is 0 Å². The Bertz CT molecular complexity index is 668. The Morgan fingerprint density at radius 3 is 2.85 bits per heavy atom. The molecule has 0 amide bonds. The normalized spacial score (nSPS) is 10.7. The third-order valence-electron chi connectivity index (χ3n) is 2.56. The van der Waals surface area contributed by atoms with Crippen LogP contribution in [0.5, 0.6) is 11.5 Å². The first-order chi connectivity index (χ1) is 9.56. The average molecular weight is 290 g/mol. The zero-order chi connectivity index (χ0) is 14.5. The molecule has 1 N–H and O–H groups in total. The highest BCUT2D eigenvalue weighted by Crippen LogP contribution is 2.30. The smallest absolute Gasteiger partial charge is 0.328 e. The number of rotatable bonds is 4. The molecular weight excluding hydrogens is 278 g/mol. The van der Waals surface area contributed by atoms with Crippen molar-refractivity contribution in [1.29, 1.82) is 0 Å². The van der Waals surface area contributed by atoms with Crippen LogP contribution < -0.4 is 4.74 Å². The minimum Gasteiger partial charge on any atom is -0.478 e. The Labute approximate surface area is 121 Å². The van der Waals surface area contributed by atoms with Crippen LogP contribution in [0.4, 0.5) is 0 Å². The number of carboxylic acids is 1. The predicted molar refractivity (Wildman–Crippen MR) is 77.2 cm³/mol. The highest BCUT2D eigenvalue weighted by atomic mass is 35.5. The van der Waals surface area contributed by atoms with E-state index < -0.39 is 5.97 Å². The summed E-state index contributed by atoms with van der Waals surface area (Å²) >= 11 is 5.95. The summed E-state index contributed by atoms with van der Waals surface area (Å²) in [6, 6.07) is 8.55. The maximum Gasteiger partial charge on any atom is 0.328 e. The molecule has 0 saturated carbocycles. The number of hydrogen-bond acceptors (Lipinski definition) is 3. The summed E-state index contributed by atoms with van der Waals surface area (Å²) in [6.45, 7) is 1.83. The largest absolute Gasteiger partial charge is 0.478 e. The van der Waals surface area contributed by atoms with Gasteiger partial charge in [0.25, 0.3) is 0 Å². The standard InChI is InChI=1S/C15H12ClNO3/c1-10-13(3-2-8-17-10)20-14-9-12(16)6-4-11(14)5-7-15(18)19/h2-9H,1H3,(H,18,19)/b7-5+. The van der Waals surface area contributed by atoms with Gasteiger partial charge in [0.1, 0.15) is 11.5 Å². The Kier molecular flexibility index (Phi) is 4.38. The van der Waals surface area contributed by atoms with Crippen molar-refractivity contribution < 1.29 is 14.6 Å². The number of halogens is 1. The fourth-order valence-electron chi connectivity index (χ4n) is 1.59. The SMILES string of the molecule is Cc1ncccc1Oc1cc(Cl)ccc1/C=C/C(=O)O. The van der Waals surface area contributed by atoms with Gasteiger partial charge in [-0.25, -0.2) is 4.79 Å². The van der Waals surface area contributed by atoms with Gasteiger partial charge in [-0.2, -0.15) is 0 Å². The fraction of sp³-hybridized carbons (Fsp3) is 0.0667. The van der Waals surface area contributed by atoms with Crippen LogP contribution in [-0.2, 0) is 4.79 Å². The molecule has 1 heterocycles. The van der Waals surface area contributed by atoms with E-state index >= 15 is 0 Å². The van der Waals surface area contributed by atoms with Crippen LogP contribution in [0.3, 0.4) is 0 Å². The minimum atomic E-state index is -1.02. The van der Waals surface area contributed by atoms with Crippen LogP contribution >= 0.6 is 11.6 Å². The number of aryl methyl sites for hydroxylation is 1. The van der Waals surface area contributed by atoms with Crippen LogP contribution in [0.15, 0.2) is 42.6 Å². The molecule has 0 saturated heterocycles. The molecule has 5 heteroatoms. The first-order valence-corrected chi connectivity index (χ1v) is 6.24. The van der Waals surface area contributed by atoms with Crippen molar-refractivity contribution in [2.75, 3.05) is 0 Å². The fourth-order valence-corrected chi connectivity index (χ4v) is 1.75. The Morgan fingerprint density at radius 1 is 1.35 bits per heavy atom. The second-order valence-corrected chi connectivity index (χ2v) is 4.48. The number of aliphatic carboxylic acids is 1. The van der Waals surface area contributed by atoms with E-state index in [-0.39, 0.29) is 0 Å². The predicted octanol–water partition coefficient (Wildman–Crippen LogP) is 3.93. The van der Waals surface area contributed by atoms with E-state index in [1.165, 1.54) is 6.08 Å². The summed E-state index contributed by atoms with van der Waals surface area (Å²) in [5.41, 5.74) is 1.36. The van der Waals surface area contributed by atoms with Gasteiger partial charge in [-0.1, -0.05) is 11.6 Å². The van der Waals surface area contributed by atoms with E-state index in [4.69, 9.17) is 21.4 Å². The van der Waals surface area contributed by atoms with E-state index in [9.17, 15) is 4.79 Å². The van der Waals surface area contributed by atoms with E-state index in [0.29, 0.717) is 22.1 Å². The van der Waals surface area contributed by atoms with Gasteiger partial charge in [-0.3, -0.25) is 4.98 Å². The van der Waals surface area contributed by atoms with Gasteiger partial charge in [-0.15, -0.1) is 0 Å². The first kappa shape index (κ1) is 14.1. The van der Waals surface area contributed by atoms with Crippen LogP contribution in [-0.4, -0.2) is 16.1 Å². The third kappa shape index (κ3) is 3.59. The molecule has 1 aromatic carbocycles. The number of aromatic nitrogens is 1. The number of carbonyl (C=O) groups is 1. The van der Waals surface area contributed by atoms with Crippen LogP contribution in [0.1, 0.15) is 11.3 Å². The van der Waals surface area contributed by atoms with Crippen molar-refractivity contribution in [3.05, 3.63) is 58.9 Å². The van der Waals surface area contributed by atoms with E-state index in [2.05, 4.69) is 4.98 Å². The summed E-state index contributed by atoms with van der Waals surface area (Å²) < 4.78 is 5.76. The molecule has 0 spiro atoms. The number of nitrogens with zero attached hydrogens (tertiary/aromatic N) is 1. The molecule has 102 valence electrons. The zero-order valence-electron chi connectivity index (χ0n) is 10.7. The summed E-state index contributed by atoms with van der Waals surface area (Å²) in [5.74, 6) is 0.0503. The summed E-state index contributed by atoms with van der Waals surface area (Å²) in [6.07, 6.45) is 4.18. The quantitative estimate of drug-likeness (QED) is 0.866. The summed E-state index contributed by atoms with van der Waals surface area (Å²) in [7, 11) is 0. The van der Waals surface area contributed by atoms with Crippen molar-refractivity contribution in [2.24, 2.45) is 0 Å². The molecule has 0 radical (unpaired) electrons. The average Bonchev–Trinajstić information content (AvgIpc) is 2.40. The van der Waals surface area contributed by atoms with Gasteiger partial charge >= 0.3 is 5.97 Å². The number of carboxylic acid groups (broad SMARTS) is 1. The van der Waals surface area contributed by atoms with Crippen molar-refractivity contribution >= 4 is 23.6 Å². The van der Waals surface area contributed by atoms with Gasteiger partial charge in [0.2, 0.25) is 0 Å². The van der Waals surface area contributed by atoms with Crippen molar-refractivity contribution in [3.8, 4) is 11.5 Å². The maximum absolute atomic E-state index is 10.6. The molecular formula is C15H12ClNO3. The highest BCUT2D eigenvalue weighted by Gasteiger charge is 2.07. The van der Waals surface area contributed by atoms with E-state index in [1.54, 1.807) is 36.5 Å². The molecule has 1 aromatic heterocycles. The molecule has 0 aliphatic rings. The van der Waals surface area contributed by atoms with Gasteiger partial charge in [0.05, 0.1) is 5.69 Å². The van der Waals surface area contributed by atoms with Crippen LogP contribution in [0.2, 0.25) is 5.02 Å². The lowest BCUT2D eigenvalue weighted by Gasteiger charge is -2.10. The maximum atomic E-state index is 10.6. The third-order valence-corrected chi connectivity index (χ3v) is 2.79. The first-order valence-electron chi connectivity index (χ1n) is 5.86. The summed E-state index contributed by atoms with van der Waals surface area (Å²) in [5, 5.41) is 9.20. The van der Waals surface area contributed by atoms with Gasteiger partial charge < -0.3 is 9.84 Å².